The monoisotopic (exact) mass is 232 g/mol. The molecular weight excluding hydrogens is 208 g/mol. The summed E-state index contributed by atoms with van der Waals surface area (Å²) < 4.78 is 5.61. The minimum atomic E-state index is 0.736. The van der Waals surface area contributed by atoms with Crippen LogP contribution in [0.2, 0.25) is 0 Å². The third-order valence-electron chi connectivity index (χ3n) is 2.66. The van der Waals surface area contributed by atoms with Gasteiger partial charge in [-0.05, 0) is 24.8 Å². The first-order chi connectivity index (χ1) is 8.43. The maximum absolute atomic E-state index is 5.61. The first kappa shape index (κ1) is 14.0. The van der Waals surface area contributed by atoms with Gasteiger partial charge < -0.3 is 4.74 Å². The lowest BCUT2D eigenvalue weighted by molar-refractivity contribution is 0.119. The molecule has 1 heteroatoms. The van der Waals surface area contributed by atoms with E-state index in [0.29, 0.717) is 0 Å². The standard InChI is InChI=1S/C16H24O/c1-2-3-4-5-6-7-11-14-17-15-16-12-9-8-10-13-16/h5-6,8-10,12-13H,2-4,7,11,14-15H2,1H3/b6-5-. The Morgan fingerprint density at radius 2 is 1.71 bits per heavy atom. The Balaban J connectivity index is 1.93. The zero-order valence-electron chi connectivity index (χ0n) is 10.9. The minimum absolute atomic E-state index is 0.736. The summed E-state index contributed by atoms with van der Waals surface area (Å²) in [6.45, 7) is 3.82. The Morgan fingerprint density at radius 3 is 2.41 bits per heavy atom. The Bertz CT molecular complexity index is 290. The van der Waals surface area contributed by atoms with Gasteiger partial charge in [0.05, 0.1) is 6.61 Å². The summed E-state index contributed by atoms with van der Waals surface area (Å²) >= 11 is 0. The molecule has 0 aliphatic carbocycles. The van der Waals surface area contributed by atoms with Crippen molar-refractivity contribution in [3.8, 4) is 0 Å². The predicted octanol–water partition coefficient (Wildman–Crippen LogP) is 4.73. The van der Waals surface area contributed by atoms with Crippen LogP contribution in [0.5, 0.6) is 0 Å². The second-order valence-corrected chi connectivity index (χ2v) is 4.29. The second kappa shape index (κ2) is 10.1. The fourth-order valence-electron chi connectivity index (χ4n) is 1.63. The number of hydrogen-bond donors (Lipinski definition) is 0. The lowest BCUT2D eigenvalue weighted by Crippen LogP contribution is -1.94. The van der Waals surface area contributed by atoms with Crippen LogP contribution in [0.4, 0.5) is 0 Å². The van der Waals surface area contributed by atoms with Gasteiger partial charge >= 0.3 is 0 Å². The summed E-state index contributed by atoms with van der Waals surface area (Å²) in [4.78, 5) is 0. The van der Waals surface area contributed by atoms with Crippen molar-refractivity contribution >= 4 is 0 Å². The molecule has 1 rings (SSSR count). The molecule has 94 valence electrons. The molecule has 0 saturated heterocycles. The van der Waals surface area contributed by atoms with Crippen LogP contribution in [0.15, 0.2) is 42.5 Å². The number of hydrogen-bond acceptors (Lipinski definition) is 1. The van der Waals surface area contributed by atoms with E-state index in [4.69, 9.17) is 4.74 Å². The van der Waals surface area contributed by atoms with Crippen LogP contribution in [0.3, 0.4) is 0 Å². The Labute approximate surface area is 106 Å². The van der Waals surface area contributed by atoms with Gasteiger partial charge in [-0.25, -0.2) is 0 Å². The molecule has 0 N–H and O–H groups in total. The normalized spacial score (nSPS) is 11.1. The molecule has 0 aromatic heterocycles. The lowest BCUT2D eigenvalue weighted by atomic mass is 10.2. The van der Waals surface area contributed by atoms with E-state index >= 15 is 0 Å². The molecule has 0 aliphatic heterocycles. The van der Waals surface area contributed by atoms with Crippen LogP contribution in [0.1, 0.15) is 44.6 Å². The van der Waals surface area contributed by atoms with Crippen molar-refractivity contribution < 1.29 is 4.74 Å². The van der Waals surface area contributed by atoms with E-state index in [2.05, 4.69) is 43.3 Å². The van der Waals surface area contributed by atoms with E-state index in [9.17, 15) is 0 Å². The second-order valence-electron chi connectivity index (χ2n) is 4.29. The molecule has 1 aromatic rings. The first-order valence-corrected chi connectivity index (χ1v) is 6.70. The van der Waals surface area contributed by atoms with Crippen LogP contribution in [0.25, 0.3) is 0 Å². The highest BCUT2D eigenvalue weighted by molar-refractivity contribution is 5.13. The molecule has 17 heavy (non-hydrogen) atoms. The first-order valence-electron chi connectivity index (χ1n) is 6.70. The third kappa shape index (κ3) is 7.76. The maximum Gasteiger partial charge on any atom is 0.0716 e. The summed E-state index contributed by atoms with van der Waals surface area (Å²) in [7, 11) is 0. The maximum atomic E-state index is 5.61. The van der Waals surface area contributed by atoms with Gasteiger partial charge in [0.1, 0.15) is 0 Å². The zero-order chi connectivity index (χ0) is 12.2. The molecule has 0 amide bonds. The van der Waals surface area contributed by atoms with Crippen molar-refractivity contribution in [1.29, 1.82) is 0 Å². The average Bonchev–Trinajstić information content (AvgIpc) is 2.38. The van der Waals surface area contributed by atoms with Gasteiger partial charge in [-0.15, -0.1) is 0 Å². The molecular formula is C16H24O. The highest BCUT2D eigenvalue weighted by atomic mass is 16.5. The van der Waals surface area contributed by atoms with Crippen molar-refractivity contribution in [2.75, 3.05) is 6.61 Å². The van der Waals surface area contributed by atoms with Gasteiger partial charge in [0.15, 0.2) is 0 Å². The summed E-state index contributed by atoms with van der Waals surface area (Å²) in [6, 6.07) is 10.3. The Kier molecular flexibility index (Phi) is 8.31. The summed E-state index contributed by atoms with van der Waals surface area (Å²) in [5.74, 6) is 0. The quantitative estimate of drug-likeness (QED) is 0.442. The molecule has 0 bridgehead atoms. The number of allylic oxidation sites excluding steroid dienone is 2. The predicted molar refractivity (Wildman–Crippen MR) is 74.0 cm³/mol. The van der Waals surface area contributed by atoms with E-state index < -0.39 is 0 Å². The molecule has 0 atom stereocenters. The van der Waals surface area contributed by atoms with Crippen LogP contribution in [0, 0.1) is 0 Å². The van der Waals surface area contributed by atoms with E-state index in [0.717, 1.165) is 26.1 Å². The lowest BCUT2D eigenvalue weighted by Gasteiger charge is -2.02. The van der Waals surface area contributed by atoms with Crippen LogP contribution in [-0.4, -0.2) is 6.61 Å². The van der Waals surface area contributed by atoms with Crippen LogP contribution < -0.4 is 0 Å². The van der Waals surface area contributed by atoms with E-state index in [-0.39, 0.29) is 0 Å². The van der Waals surface area contributed by atoms with Crippen LogP contribution >= 0.6 is 0 Å². The molecule has 0 radical (unpaired) electrons. The third-order valence-corrected chi connectivity index (χ3v) is 2.66. The summed E-state index contributed by atoms with van der Waals surface area (Å²) in [6.07, 6.45) is 10.6. The molecule has 0 heterocycles. The van der Waals surface area contributed by atoms with Gasteiger partial charge in [0.2, 0.25) is 0 Å². The van der Waals surface area contributed by atoms with E-state index in [1.165, 1.54) is 24.8 Å². The SMILES string of the molecule is CCCC/C=C\CCCOCc1ccccc1. The summed E-state index contributed by atoms with van der Waals surface area (Å²) in [5, 5.41) is 0. The minimum Gasteiger partial charge on any atom is -0.377 e. The van der Waals surface area contributed by atoms with Gasteiger partial charge in [0, 0.05) is 6.61 Å². The number of ether oxygens (including phenoxy) is 1. The van der Waals surface area contributed by atoms with E-state index in [1.807, 2.05) is 6.07 Å². The molecule has 0 fully saturated rings. The molecule has 0 spiro atoms. The Morgan fingerprint density at radius 1 is 1.00 bits per heavy atom. The van der Waals surface area contributed by atoms with Gasteiger partial charge in [-0.2, -0.15) is 0 Å². The number of unbranched alkanes of at least 4 members (excludes halogenated alkanes) is 3. The van der Waals surface area contributed by atoms with Gasteiger partial charge in [-0.3, -0.25) is 0 Å². The zero-order valence-corrected chi connectivity index (χ0v) is 10.9. The van der Waals surface area contributed by atoms with Crippen molar-refractivity contribution in [1.82, 2.24) is 0 Å². The summed E-state index contributed by atoms with van der Waals surface area (Å²) in [5.41, 5.74) is 1.26. The average molecular weight is 232 g/mol. The number of rotatable bonds is 9. The highest BCUT2D eigenvalue weighted by Crippen LogP contribution is 2.02. The number of benzene rings is 1. The molecule has 1 nitrogen and oxygen atoms in total. The molecule has 1 aromatic carbocycles. The topological polar surface area (TPSA) is 9.23 Å². The molecule has 0 aliphatic rings. The molecule has 0 unspecified atom stereocenters. The van der Waals surface area contributed by atoms with Gasteiger partial charge in [-0.1, -0.05) is 62.2 Å². The van der Waals surface area contributed by atoms with E-state index in [1.54, 1.807) is 0 Å². The van der Waals surface area contributed by atoms with Crippen molar-refractivity contribution in [2.45, 2.75) is 45.6 Å². The largest absolute Gasteiger partial charge is 0.377 e. The fourth-order valence-corrected chi connectivity index (χ4v) is 1.63. The van der Waals surface area contributed by atoms with Crippen LogP contribution in [-0.2, 0) is 11.3 Å². The van der Waals surface area contributed by atoms with Crippen molar-refractivity contribution in [3.05, 3.63) is 48.0 Å². The molecule has 0 saturated carbocycles. The smallest absolute Gasteiger partial charge is 0.0716 e. The van der Waals surface area contributed by atoms with Crippen molar-refractivity contribution in [2.24, 2.45) is 0 Å². The van der Waals surface area contributed by atoms with Gasteiger partial charge in [0.25, 0.3) is 0 Å². The fraction of sp³-hybridized carbons (Fsp3) is 0.500. The van der Waals surface area contributed by atoms with Crippen molar-refractivity contribution in [3.63, 3.8) is 0 Å². The Hall–Kier alpha value is -1.08. The highest BCUT2D eigenvalue weighted by Gasteiger charge is 1.90.